The molecule has 2 rings (SSSR count). The van der Waals surface area contributed by atoms with Crippen LogP contribution in [0.2, 0.25) is 0 Å². The molecule has 0 radical (unpaired) electrons. The molecule has 5 heteroatoms. The van der Waals surface area contributed by atoms with Crippen molar-refractivity contribution in [3.63, 3.8) is 0 Å². The molecule has 1 N–H and O–H groups in total. The predicted octanol–water partition coefficient (Wildman–Crippen LogP) is 3.19. The van der Waals surface area contributed by atoms with Crippen LogP contribution in [0.5, 0.6) is 0 Å². The summed E-state index contributed by atoms with van der Waals surface area (Å²) >= 11 is 3.20. The monoisotopic (exact) mass is 342 g/mol. The number of carbonyl (C=O) groups is 1. The molecule has 1 saturated heterocycles. The van der Waals surface area contributed by atoms with Gasteiger partial charge in [-0.25, -0.2) is 4.39 Å². The van der Waals surface area contributed by atoms with Crippen molar-refractivity contribution in [1.82, 2.24) is 10.2 Å². The van der Waals surface area contributed by atoms with Crippen molar-refractivity contribution in [2.45, 2.75) is 32.2 Å². The second-order valence-electron chi connectivity index (χ2n) is 5.85. The van der Waals surface area contributed by atoms with Crippen LogP contribution >= 0.6 is 15.9 Å². The molecule has 0 spiro atoms. The Bertz CT molecular complexity index is 478. The minimum atomic E-state index is -0.414. The minimum Gasteiger partial charge on any atom is -0.350 e. The molecule has 1 amide bonds. The highest BCUT2D eigenvalue weighted by atomic mass is 79.9. The first-order valence-corrected chi connectivity index (χ1v) is 7.67. The molecular weight excluding hydrogens is 323 g/mol. The van der Waals surface area contributed by atoms with Crippen LogP contribution in [-0.2, 0) is 0 Å². The molecule has 1 aliphatic rings. The number of amides is 1. The lowest BCUT2D eigenvalue weighted by molar-refractivity contribution is 0.0901. The Labute approximate surface area is 127 Å². The van der Waals surface area contributed by atoms with E-state index in [9.17, 15) is 9.18 Å². The Balaban J connectivity index is 1.97. The smallest absolute Gasteiger partial charge is 0.251 e. The quantitative estimate of drug-likeness (QED) is 0.911. The van der Waals surface area contributed by atoms with Crippen molar-refractivity contribution in [2.75, 3.05) is 19.6 Å². The van der Waals surface area contributed by atoms with Gasteiger partial charge in [0.1, 0.15) is 5.82 Å². The number of likely N-dealkylation sites (tertiary alicyclic amines) is 1. The first kappa shape index (κ1) is 15.4. The van der Waals surface area contributed by atoms with E-state index in [1.54, 1.807) is 6.07 Å². The molecule has 1 aromatic carbocycles. The first-order valence-electron chi connectivity index (χ1n) is 6.88. The van der Waals surface area contributed by atoms with E-state index in [1.165, 1.54) is 25.0 Å². The van der Waals surface area contributed by atoms with Crippen molar-refractivity contribution in [2.24, 2.45) is 0 Å². The largest absolute Gasteiger partial charge is 0.350 e. The van der Waals surface area contributed by atoms with Gasteiger partial charge in [0.25, 0.3) is 5.91 Å². The van der Waals surface area contributed by atoms with E-state index in [0.29, 0.717) is 16.6 Å². The number of hydrogen-bond acceptors (Lipinski definition) is 2. The molecule has 3 nitrogen and oxygen atoms in total. The van der Waals surface area contributed by atoms with Gasteiger partial charge in [0.05, 0.1) is 0 Å². The fourth-order valence-electron chi connectivity index (χ4n) is 2.52. The third-order valence-corrected chi connectivity index (χ3v) is 4.23. The normalized spacial score (nSPS) is 16.4. The van der Waals surface area contributed by atoms with Crippen LogP contribution in [0, 0.1) is 5.82 Å². The van der Waals surface area contributed by atoms with Crippen LogP contribution < -0.4 is 5.32 Å². The highest BCUT2D eigenvalue weighted by molar-refractivity contribution is 9.10. The average Bonchev–Trinajstić information content (AvgIpc) is 2.89. The fourth-order valence-corrected chi connectivity index (χ4v) is 2.98. The van der Waals surface area contributed by atoms with Gasteiger partial charge in [-0.3, -0.25) is 9.69 Å². The maximum Gasteiger partial charge on any atom is 0.251 e. The standard InChI is InChI=1S/C15H20BrFN2O/c1-15(2,19-5-3-4-6-19)10-18-14(20)11-7-12(16)9-13(17)8-11/h7-9H,3-6,10H2,1-2H3,(H,18,20). The molecule has 0 bridgehead atoms. The minimum absolute atomic E-state index is 0.0727. The zero-order valence-corrected chi connectivity index (χ0v) is 13.5. The number of hydrogen-bond donors (Lipinski definition) is 1. The number of halogens is 2. The first-order chi connectivity index (χ1) is 9.38. The van der Waals surface area contributed by atoms with Crippen molar-refractivity contribution < 1.29 is 9.18 Å². The second kappa shape index (κ2) is 6.22. The van der Waals surface area contributed by atoms with Crippen molar-refractivity contribution >= 4 is 21.8 Å². The van der Waals surface area contributed by atoms with Crippen molar-refractivity contribution in [3.8, 4) is 0 Å². The van der Waals surface area contributed by atoms with Gasteiger partial charge in [-0.1, -0.05) is 15.9 Å². The summed E-state index contributed by atoms with van der Waals surface area (Å²) in [5, 5.41) is 2.90. The molecule has 0 unspecified atom stereocenters. The highest BCUT2D eigenvalue weighted by Gasteiger charge is 2.29. The fraction of sp³-hybridized carbons (Fsp3) is 0.533. The van der Waals surface area contributed by atoms with E-state index in [1.807, 2.05) is 0 Å². The molecule has 1 heterocycles. The molecule has 20 heavy (non-hydrogen) atoms. The van der Waals surface area contributed by atoms with Gasteiger partial charge in [0.2, 0.25) is 0 Å². The second-order valence-corrected chi connectivity index (χ2v) is 6.76. The van der Waals surface area contributed by atoms with Crippen LogP contribution in [-0.4, -0.2) is 36.0 Å². The van der Waals surface area contributed by atoms with E-state index >= 15 is 0 Å². The number of rotatable bonds is 4. The summed E-state index contributed by atoms with van der Waals surface area (Å²) in [4.78, 5) is 14.5. The average molecular weight is 343 g/mol. The lowest BCUT2D eigenvalue weighted by Crippen LogP contribution is -2.50. The van der Waals surface area contributed by atoms with Crippen LogP contribution in [0.15, 0.2) is 22.7 Å². The molecule has 110 valence electrons. The molecular formula is C15H20BrFN2O. The van der Waals surface area contributed by atoms with E-state index in [2.05, 4.69) is 40.0 Å². The molecule has 1 fully saturated rings. The molecule has 0 saturated carbocycles. The molecule has 1 aliphatic heterocycles. The van der Waals surface area contributed by atoms with Gasteiger partial charge in [-0.2, -0.15) is 0 Å². The van der Waals surface area contributed by atoms with Gasteiger partial charge >= 0.3 is 0 Å². The Morgan fingerprint density at radius 3 is 2.60 bits per heavy atom. The van der Waals surface area contributed by atoms with E-state index < -0.39 is 5.82 Å². The summed E-state index contributed by atoms with van der Waals surface area (Å²) in [5.74, 6) is -0.652. The molecule has 1 aromatic rings. The molecule has 0 aromatic heterocycles. The summed E-state index contributed by atoms with van der Waals surface area (Å²) < 4.78 is 13.9. The Hall–Kier alpha value is -0.940. The lowest BCUT2D eigenvalue weighted by Gasteiger charge is -2.35. The molecule has 0 aliphatic carbocycles. The Kier molecular flexibility index (Phi) is 4.81. The third-order valence-electron chi connectivity index (χ3n) is 3.77. The maximum absolute atomic E-state index is 13.3. The summed E-state index contributed by atoms with van der Waals surface area (Å²) in [7, 11) is 0. The van der Waals surface area contributed by atoms with Crippen molar-refractivity contribution in [3.05, 3.63) is 34.1 Å². The number of benzene rings is 1. The number of nitrogens with zero attached hydrogens (tertiary/aromatic N) is 1. The Morgan fingerprint density at radius 2 is 2.00 bits per heavy atom. The van der Waals surface area contributed by atoms with E-state index in [-0.39, 0.29) is 11.4 Å². The molecule has 0 atom stereocenters. The number of nitrogens with one attached hydrogen (secondary N) is 1. The summed E-state index contributed by atoms with van der Waals surface area (Å²) in [6, 6.07) is 4.22. The van der Waals surface area contributed by atoms with E-state index in [4.69, 9.17) is 0 Å². The van der Waals surface area contributed by atoms with Crippen LogP contribution in [0.4, 0.5) is 4.39 Å². The topological polar surface area (TPSA) is 32.3 Å². The van der Waals surface area contributed by atoms with Crippen LogP contribution in [0.25, 0.3) is 0 Å². The zero-order valence-electron chi connectivity index (χ0n) is 11.9. The van der Waals surface area contributed by atoms with Crippen LogP contribution in [0.3, 0.4) is 0 Å². The van der Waals surface area contributed by atoms with E-state index in [0.717, 1.165) is 13.1 Å². The van der Waals surface area contributed by atoms with Gasteiger partial charge in [-0.15, -0.1) is 0 Å². The summed E-state index contributed by atoms with van der Waals surface area (Å²) in [5.41, 5.74) is 0.269. The summed E-state index contributed by atoms with van der Waals surface area (Å²) in [6.07, 6.45) is 2.43. The number of carbonyl (C=O) groups excluding carboxylic acids is 1. The van der Waals surface area contributed by atoms with Gasteiger partial charge in [0, 0.05) is 22.1 Å². The van der Waals surface area contributed by atoms with Gasteiger partial charge in [-0.05, 0) is 58.0 Å². The highest BCUT2D eigenvalue weighted by Crippen LogP contribution is 2.20. The Morgan fingerprint density at radius 1 is 1.35 bits per heavy atom. The van der Waals surface area contributed by atoms with Crippen molar-refractivity contribution in [1.29, 1.82) is 0 Å². The van der Waals surface area contributed by atoms with Gasteiger partial charge < -0.3 is 5.32 Å². The lowest BCUT2D eigenvalue weighted by atomic mass is 10.0. The maximum atomic E-state index is 13.3. The predicted molar refractivity (Wildman–Crippen MR) is 81.3 cm³/mol. The van der Waals surface area contributed by atoms with Gasteiger partial charge in [0.15, 0.2) is 0 Å². The zero-order chi connectivity index (χ0) is 14.8. The summed E-state index contributed by atoms with van der Waals surface area (Å²) in [6.45, 7) is 6.96. The van der Waals surface area contributed by atoms with Crippen LogP contribution in [0.1, 0.15) is 37.0 Å². The SMILES string of the molecule is CC(C)(CNC(=O)c1cc(F)cc(Br)c1)N1CCCC1. The third kappa shape index (κ3) is 3.79.